The molecule has 0 spiro atoms. The quantitative estimate of drug-likeness (QED) is 0.602. The number of rotatable bonds is 2. The first kappa shape index (κ1) is 8.33. The van der Waals surface area contributed by atoms with E-state index < -0.39 is 0 Å². The third-order valence-electron chi connectivity index (χ3n) is 2.07. The van der Waals surface area contributed by atoms with Gasteiger partial charge in [0.25, 0.3) is 0 Å². The van der Waals surface area contributed by atoms with E-state index in [4.69, 9.17) is 0 Å². The fourth-order valence-corrected chi connectivity index (χ4v) is 1.28. The van der Waals surface area contributed by atoms with Crippen LogP contribution in [0.4, 0.5) is 4.79 Å². The summed E-state index contributed by atoms with van der Waals surface area (Å²) in [5, 5.41) is 0. The van der Waals surface area contributed by atoms with Gasteiger partial charge >= 0.3 is 6.03 Å². The van der Waals surface area contributed by atoms with E-state index in [1.54, 1.807) is 4.90 Å². The summed E-state index contributed by atoms with van der Waals surface area (Å²) in [6.45, 7) is 2.94. The predicted molar refractivity (Wildman–Crippen MR) is 40.9 cm³/mol. The second-order valence-corrected chi connectivity index (χ2v) is 2.66. The van der Waals surface area contributed by atoms with Crippen LogP contribution in [0.3, 0.4) is 0 Å². The number of carbonyl (C=O) groups excluding carboxylic acids is 1. The highest BCUT2D eigenvalue weighted by molar-refractivity contribution is 5.74. The molecule has 1 rings (SSSR count). The van der Waals surface area contributed by atoms with Crippen LogP contribution in [0.5, 0.6) is 0 Å². The van der Waals surface area contributed by atoms with E-state index in [0.717, 1.165) is 19.4 Å². The Kier molecular flexibility index (Phi) is 2.70. The average molecular weight is 158 g/mol. The second-order valence-electron chi connectivity index (χ2n) is 2.66. The van der Waals surface area contributed by atoms with E-state index >= 15 is 0 Å². The standard InChI is InChI=1S/C7H14N2O2/c1-3-6-4-5-9(6)7(10)8-11-2/h6H,3-5H2,1-2H3,(H,8,10). The number of nitrogens with one attached hydrogen (secondary N) is 1. The van der Waals surface area contributed by atoms with Gasteiger partial charge in [-0.25, -0.2) is 10.3 Å². The molecule has 1 atom stereocenters. The molecular weight excluding hydrogens is 144 g/mol. The van der Waals surface area contributed by atoms with Gasteiger partial charge in [0, 0.05) is 12.6 Å². The van der Waals surface area contributed by atoms with Gasteiger partial charge in [-0.05, 0) is 12.8 Å². The molecule has 4 heteroatoms. The highest BCUT2D eigenvalue weighted by atomic mass is 16.6. The largest absolute Gasteiger partial charge is 0.341 e. The minimum absolute atomic E-state index is 0.120. The Labute approximate surface area is 66.5 Å². The molecule has 64 valence electrons. The molecule has 4 nitrogen and oxygen atoms in total. The summed E-state index contributed by atoms with van der Waals surface area (Å²) < 4.78 is 0. The van der Waals surface area contributed by atoms with Gasteiger partial charge in [0.2, 0.25) is 0 Å². The zero-order valence-corrected chi connectivity index (χ0v) is 6.96. The smallest absolute Gasteiger partial charge is 0.320 e. The molecule has 1 aliphatic rings. The van der Waals surface area contributed by atoms with Gasteiger partial charge in [-0.1, -0.05) is 6.92 Å². The van der Waals surface area contributed by atoms with Gasteiger partial charge in [-0.3, -0.25) is 4.84 Å². The van der Waals surface area contributed by atoms with Crippen LogP contribution in [0, 0.1) is 0 Å². The topological polar surface area (TPSA) is 41.6 Å². The lowest BCUT2D eigenvalue weighted by atomic mass is 10.0. The molecule has 1 saturated heterocycles. The lowest BCUT2D eigenvalue weighted by Gasteiger charge is -2.39. The molecule has 2 amide bonds. The first-order valence-corrected chi connectivity index (χ1v) is 3.89. The number of likely N-dealkylation sites (tertiary alicyclic amines) is 1. The summed E-state index contributed by atoms with van der Waals surface area (Å²) in [7, 11) is 1.44. The number of nitrogens with zero attached hydrogens (tertiary/aromatic N) is 1. The molecule has 1 fully saturated rings. The Morgan fingerprint density at radius 3 is 2.91 bits per heavy atom. The molecule has 0 aromatic heterocycles. The number of urea groups is 1. The third kappa shape index (κ3) is 1.63. The van der Waals surface area contributed by atoms with Crippen molar-refractivity contribution in [1.29, 1.82) is 0 Å². The Morgan fingerprint density at radius 1 is 1.82 bits per heavy atom. The molecule has 0 bridgehead atoms. The number of hydrogen-bond donors (Lipinski definition) is 1. The molecule has 1 unspecified atom stereocenters. The fraction of sp³-hybridized carbons (Fsp3) is 0.857. The van der Waals surface area contributed by atoms with E-state index in [1.165, 1.54) is 7.11 Å². The van der Waals surface area contributed by atoms with Crippen LogP contribution in [-0.2, 0) is 4.84 Å². The maximum Gasteiger partial charge on any atom is 0.341 e. The molecular formula is C7H14N2O2. The van der Waals surface area contributed by atoms with E-state index in [-0.39, 0.29) is 6.03 Å². The lowest BCUT2D eigenvalue weighted by molar-refractivity contribution is 0.0521. The van der Waals surface area contributed by atoms with Gasteiger partial charge in [0.05, 0.1) is 7.11 Å². The van der Waals surface area contributed by atoms with Crippen molar-refractivity contribution >= 4 is 6.03 Å². The van der Waals surface area contributed by atoms with Crippen LogP contribution in [0.1, 0.15) is 19.8 Å². The van der Waals surface area contributed by atoms with E-state index in [0.29, 0.717) is 6.04 Å². The molecule has 1 heterocycles. The Morgan fingerprint density at radius 2 is 2.55 bits per heavy atom. The molecule has 1 N–H and O–H groups in total. The van der Waals surface area contributed by atoms with Crippen LogP contribution in [0.15, 0.2) is 0 Å². The predicted octanol–water partition coefficient (Wildman–Crippen LogP) is 0.742. The van der Waals surface area contributed by atoms with Crippen LogP contribution in [0.2, 0.25) is 0 Å². The molecule has 0 radical (unpaired) electrons. The SMILES string of the molecule is CCC1CCN1C(=O)NOC. The summed E-state index contributed by atoms with van der Waals surface area (Å²) in [4.78, 5) is 17.4. The van der Waals surface area contributed by atoms with Crippen molar-refractivity contribution in [3.8, 4) is 0 Å². The van der Waals surface area contributed by atoms with Crippen molar-refractivity contribution in [1.82, 2.24) is 10.4 Å². The van der Waals surface area contributed by atoms with Crippen LogP contribution < -0.4 is 5.48 Å². The summed E-state index contributed by atoms with van der Waals surface area (Å²) in [6.07, 6.45) is 2.14. The highest BCUT2D eigenvalue weighted by Gasteiger charge is 2.30. The summed E-state index contributed by atoms with van der Waals surface area (Å²) in [5.74, 6) is 0. The number of hydroxylamine groups is 1. The van der Waals surface area contributed by atoms with E-state index in [1.807, 2.05) is 0 Å². The molecule has 11 heavy (non-hydrogen) atoms. The van der Waals surface area contributed by atoms with E-state index in [9.17, 15) is 4.79 Å². The van der Waals surface area contributed by atoms with Crippen molar-refractivity contribution in [3.05, 3.63) is 0 Å². The molecule has 0 aromatic rings. The van der Waals surface area contributed by atoms with E-state index in [2.05, 4.69) is 17.2 Å². The normalized spacial score (nSPS) is 22.7. The summed E-state index contributed by atoms with van der Waals surface area (Å²) in [6, 6.07) is 0.302. The van der Waals surface area contributed by atoms with Gasteiger partial charge in [-0.2, -0.15) is 0 Å². The first-order valence-electron chi connectivity index (χ1n) is 3.89. The van der Waals surface area contributed by atoms with Gasteiger partial charge in [0.1, 0.15) is 0 Å². The van der Waals surface area contributed by atoms with Gasteiger partial charge in [0.15, 0.2) is 0 Å². The minimum atomic E-state index is -0.120. The van der Waals surface area contributed by atoms with Gasteiger partial charge in [-0.15, -0.1) is 0 Å². The highest BCUT2D eigenvalue weighted by Crippen LogP contribution is 2.19. The van der Waals surface area contributed by atoms with Crippen molar-refractivity contribution in [2.45, 2.75) is 25.8 Å². The Balaban J connectivity index is 2.30. The average Bonchev–Trinajstić information content (AvgIpc) is 1.86. The summed E-state index contributed by atoms with van der Waals surface area (Å²) in [5.41, 5.74) is 2.30. The first-order chi connectivity index (χ1) is 5.29. The van der Waals surface area contributed by atoms with Crippen LogP contribution in [0.25, 0.3) is 0 Å². The number of hydrogen-bond acceptors (Lipinski definition) is 2. The van der Waals surface area contributed by atoms with Gasteiger partial charge < -0.3 is 4.90 Å². The van der Waals surface area contributed by atoms with Crippen molar-refractivity contribution in [2.24, 2.45) is 0 Å². The zero-order valence-electron chi connectivity index (χ0n) is 6.96. The number of carbonyl (C=O) groups is 1. The molecule has 0 aromatic carbocycles. The maximum atomic E-state index is 11.1. The van der Waals surface area contributed by atoms with Crippen LogP contribution >= 0.6 is 0 Å². The second kappa shape index (κ2) is 3.57. The molecule has 0 aliphatic carbocycles. The van der Waals surface area contributed by atoms with Crippen molar-refractivity contribution in [2.75, 3.05) is 13.7 Å². The fourth-order valence-electron chi connectivity index (χ4n) is 1.28. The summed E-state index contributed by atoms with van der Waals surface area (Å²) >= 11 is 0. The Hall–Kier alpha value is -0.770. The maximum absolute atomic E-state index is 11.1. The third-order valence-corrected chi connectivity index (χ3v) is 2.07. The monoisotopic (exact) mass is 158 g/mol. The molecule has 0 saturated carbocycles. The van der Waals surface area contributed by atoms with Crippen molar-refractivity contribution in [3.63, 3.8) is 0 Å². The molecule has 1 aliphatic heterocycles. The minimum Gasteiger partial charge on any atom is -0.320 e. The van der Waals surface area contributed by atoms with Crippen LogP contribution in [-0.4, -0.2) is 30.6 Å². The van der Waals surface area contributed by atoms with Crippen molar-refractivity contribution < 1.29 is 9.63 Å². The number of amides is 2. The lowest BCUT2D eigenvalue weighted by Crippen LogP contribution is -2.54. The zero-order chi connectivity index (χ0) is 8.27. The Bertz CT molecular complexity index is 147.